The Labute approximate surface area is 108 Å². The van der Waals surface area contributed by atoms with E-state index in [1.165, 1.54) is 4.90 Å². The molecule has 1 amide bonds. The van der Waals surface area contributed by atoms with Crippen LogP contribution in [0.1, 0.15) is 47.0 Å². The van der Waals surface area contributed by atoms with Gasteiger partial charge >= 0.3 is 6.09 Å². The number of alkyl halides is 1. The number of aliphatic hydroxyl groups is 1. The molecule has 1 fully saturated rings. The van der Waals surface area contributed by atoms with E-state index in [4.69, 9.17) is 9.84 Å². The summed E-state index contributed by atoms with van der Waals surface area (Å²) in [6, 6.07) is 0. The van der Waals surface area contributed by atoms with Crippen LogP contribution in [-0.2, 0) is 4.74 Å². The second-order valence-electron chi connectivity index (χ2n) is 6.22. The minimum Gasteiger partial charge on any atom is -0.444 e. The number of amides is 1. The van der Waals surface area contributed by atoms with Gasteiger partial charge in [-0.1, -0.05) is 0 Å². The molecular weight excluding hydrogens is 237 g/mol. The first-order chi connectivity index (χ1) is 8.18. The highest BCUT2D eigenvalue weighted by Gasteiger charge is 2.45. The number of rotatable bonds is 3. The van der Waals surface area contributed by atoms with Crippen LogP contribution in [0.3, 0.4) is 0 Å². The Hall–Kier alpha value is -0.840. The maximum Gasteiger partial charge on any atom is 0.410 e. The van der Waals surface area contributed by atoms with E-state index in [1.54, 1.807) is 20.8 Å². The van der Waals surface area contributed by atoms with Gasteiger partial charge in [0.05, 0.1) is 6.54 Å². The summed E-state index contributed by atoms with van der Waals surface area (Å²) in [4.78, 5) is 13.5. The smallest absolute Gasteiger partial charge is 0.410 e. The number of aliphatic hydroxyl groups excluding tert-OH is 1. The van der Waals surface area contributed by atoms with E-state index in [0.29, 0.717) is 19.3 Å². The number of halogens is 1. The van der Waals surface area contributed by atoms with Crippen LogP contribution in [0.4, 0.5) is 9.18 Å². The highest BCUT2D eigenvalue weighted by molar-refractivity contribution is 5.69. The zero-order valence-electron chi connectivity index (χ0n) is 11.7. The molecule has 0 aromatic rings. The molecule has 18 heavy (non-hydrogen) atoms. The standard InChI is InChI=1S/C13H24FNO3/c1-12(2,3)18-11(17)15-9-10(14)8-13(15,4)6-5-7-16/h10,16H,5-9H2,1-4H3/t10-,13-/m0/s1. The fraction of sp³-hybridized carbons (Fsp3) is 0.923. The Morgan fingerprint density at radius 3 is 2.67 bits per heavy atom. The minimum absolute atomic E-state index is 0.0503. The molecule has 106 valence electrons. The zero-order chi connectivity index (χ0) is 14.0. The molecule has 0 radical (unpaired) electrons. The van der Waals surface area contributed by atoms with E-state index >= 15 is 0 Å². The third-order valence-corrected chi connectivity index (χ3v) is 3.18. The van der Waals surface area contributed by atoms with Crippen molar-refractivity contribution in [3.8, 4) is 0 Å². The highest BCUT2D eigenvalue weighted by Crippen LogP contribution is 2.35. The maximum absolute atomic E-state index is 13.6. The summed E-state index contributed by atoms with van der Waals surface area (Å²) in [7, 11) is 0. The van der Waals surface area contributed by atoms with E-state index in [9.17, 15) is 9.18 Å². The van der Waals surface area contributed by atoms with Crippen molar-refractivity contribution in [1.82, 2.24) is 4.90 Å². The molecule has 1 aliphatic rings. The molecule has 1 N–H and O–H groups in total. The van der Waals surface area contributed by atoms with Crippen molar-refractivity contribution in [3.63, 3.8) is 0 Å². The van der Waals surface area contributed by atoms with Crippen LogP contribution in [0.5, 0.6) is 0 Å². The molecule has 2 atom stereocenters. The van der Waals surface area contributed by atoms with Crippen molar-refractivity contribution in [3.05, 3.63) is 0 Å². The van der Waals surface area contributed by atoms with Gasteiger partial charge in [-0.05, 0) is 40.5 Å². The van der Waals surface area contributed by atoms with Crippen LogP contribution < -0.4 is 0 Å². The summed E-state index contributed by atoms with van der Waals surface area (Å²) in [6.07, 6.45) is -0.0259. The van der Waals surface area contributed by atoms with Crippen molar-refractivity contribution in [1.29, 1.82) is 0 Å². The van der Waals surface area contributed by atoms with Gasteiger partial charge in [-0.2, -0.15) is 0 Å². The average Bonchev–Trinajstić information content (AvgIpc) is 2.49. The molecule has 0 saturated carbocycles. The monoisotopic (exact) mass is 261 g/mol. The molecule has 5 heteroatoms. The third kappa shape index (κ3) is 3.83. The molecule has 1 rings (SSSR count). The summed E-state index contributed by atoms with van der Waals surface area (Å²) in [6.45, 7) is 7.36. The van der Waals surface area contributed by atoms with Crippen LogP contribution in [-0.4, -0.2) is 46.6 Å². The number of carbonyl (C=O) groups excluding carboxylic acids is 1. The van der Waals surface area contributed by atoms with E-state index in [-0.39, 0.29) is 13.2 Å². The van der Waals surface area contributed by atoms with Crippen LogP contribution in [0.25, 0.3) is 0 Å². The Morgan fingerprint density at radius 1 is 1.56 bits per heavy atom. The molecular formula is C13H24FNO3. The van der Waals surface area contributed by atoms with Gasteiger partial charge in [-0.3, -0.25) is 4.90 Å². The van der Waals surface area contributed by atoms with Gasteiger partial charge in [-0.15, -0.1) is 0 Å². The van der Waals surface area contributed by atoms with Crippen molar-refractivity contribution in [2.24, 2.45) is 0 Å². The van der Waals surface area contributed by atoms with Crippen LogP contribution in [0, 0.1) is 0 Å². The molecule has 0 bridgehead atoms. The quantitative estimate of drug-likeness (QED) is 0.849. The van der Waals surface area contributed by atoms with Crippen molar-refractivity contribution < 1.29 is 19.0 Å². The second-order valence-corrected chi connectivity index (χ2v) is 6.22. The molecule has 0 aromatic heterocycles. The van der Waals surface area contributed by atoms with Crippen molar-refractivity contribution in [2.75, 3.05) is 13.2 Å². The SMILES string of the molecule is CC(C)(C)OC(=O)N1C[C@@H](F)C[C@]1(C)CCCO. The maximum atomic E-state index is 13.6. The second kappa shape index (κ2) is 5.43. The largest absolute Gasteiger partial charge is 0.444 e. The average molecular weight is 261 g/mol. The Kier molecular flexibility index (Phi) is 4.59. The molecule has 1 aliphatic heterocycles. The first kappa shape index (κ1) is 15.2. The molecule has 0 unspecified atom stereocenters. The summed E-state index contributed by atoms with van der Waals surface area (Å²) in [5, 5.41) is 8.89. The van der Waals surface area contributed by atoms with E-state index < -0.39 is 23.4 Å². The Bertz CT molecular complexity index is 303. The number of likely N-dealkylation sites (tertiary alicyclic amines) is 1. The zero-order valence-corrected chi connectivity index (χ0v) is 11.7. The van der Waals surface area contributed by atoms with Crippen LogP contribution in [0.2, 0.25) is 0 Å². The summed E-state index contributed by atoms with van der Waals surface area (Å²) < 4.78 is 18.9. The lowest BCUT2D eigenvalue weighted by atomic mass is 9.93. The lowest BCUT2D eigenvalue weighted by Crippen LogP contribution is -2.47. The highest BCUT2D eigenvalue weighted by atomic mass is 19.1. The van der Waals surface area contributed by atoms with Crippen LogP contribution >= 0.6 is 0 Å². The van der Waals surface area contributed by atoms with Gasteiger partial charge in [-0.25, -0.2) is 9.18 Å². The van der Waals surface area contributed by atoms with Gasteiger partial charge in [0.2, 0.25) is 0 Å². The van der Waals surface area contributed by atoms with Gasteiger partial charge in [0.15, 0.2) is 0 Å². The topological polar surface area (TPSA) is 49.8 Å². The first-order valence-corrected chi connectivity index (χ1v) is 6.43. The summed E-state index contributed by atoms with van der Waals surface area (Å²) in [5.41, 5.74) is -1.13. The van der Waals surface area contributed by atoms with E-state index in [0.717, 1.165) is 0 Å². The lowest BCUT2D eigenvalue weighted by Gasteiger charge is -2.36. The van der Waals surface area contributed by atoms with Gasteiger partial charge in [0.1, 0.15) is 11.8 Å². The molecule has 0 aromatic carbocycles. The first-order valence-electron chi connectivity index (χ1n) is 6.43. The van der Waals surface area contributed by atoms with Crippen molar-refractivity contribution >= 4 is 6.09 Å². The molecule has 4 nitrogen and oxygen atoms in total. The summed E-state index contributed by atoms with van der Waals surface area (Å²) in [5.74, 6) is 0. The molecule has 0 aliphatic carbocycles. The predicted molar refractivity (Wildman–Crippen MR) is 67.2 cm³/mol. The van der Waals surface area contributed by atoms with Gasteiger partial charge in [0, 0.05) is 18.6 Å². The van der Waals surface area contributed by atoms with Gasteiger partial charge < -0.3 is 9.84 Å². The number of ether oxygens (including phenoxy) is 1. The molecule has 0 spiro atoms. The normalized spacial score (nSPS) is 28.6. The summed E-state index contributed by atoms with van der Waals surface area (Å²) >= 11 is 0. The van der Waals surface area contributed by atoms with E-state index in [2.05, 4.69) is 0 Å². The number of carbonyl (C=O) groups is 1. The third-order valence-electron chi connectivity index (χ3n) is 3.18. The van der Waals surface area contributed by atoms with E-state index in [1.807, 2.05) is 6.92 Å². The molecule has 1 heterocycles. The number of hydrogen-bond acceptors (Lipinski definition) is 3. The minimum atomic E-state index is -1.01. The number of nitrogens with zero attached hydrogens (tertiary/aromatic N) is 1. The fourth-order valence-electron chi connectivity index (χ4n) is 2.38. The Balaban J connectivity index is 2.74. The predicted octanol–water partition coefficient (Wildman–Crippen LogP) is 2.50. The lowest BCUT2D eigenvalue weighted by molar-refractivity contribution is 0.00805. The van der Waals surface area contributed by atoms with Gasteiger partial charge in [0.25, 0.3) is 0 Å². The van der Waals surface area contributed by atoms with Crippen molar-refractivity contribution in [2.45, 2.75) is 64.3 Å². The number of hydrogen-bond donors (Lipinski definition) is 1. The molecule has 1 saturated heterocycles. The Morgan fingerprint density at radius 2 is 2.17 bits per heavy atom. The van der Waals surface area contributed by atoms with Crippen LogP contribution in [0.15, 0.2) is 0 Å². The fourth-order valence-corrected chi connectivity index (χ4v) is 2.38.